The quantitative estimate of drug-likeness (QED) is 0.211. The fourth-order valence-electron chi connectivity index (χ4n) is 3.99. The molecule has 0 N–H and O–H groups in total. The van der Waals surface area contributed by atoms with Crippen LogP contribution in [0.25, 0.3) is 22.5 Å². The Balaban J connectivity index is 0.00000361. The number of rotatable bonds is 4. The van der Waals surface area contributed by atoms with Gasteiger partial charge in [0.15, 0.2) is 0 Å². The molecule has 0 aliphatic rings. The van der Waals surface area contributed by atoms with Gasteiger partial charge in [0, 0.05) is 16.8 Å². The maximum Gasteiger partial charge on any atom is 2.00 e. The molecule has 4 rings (SSSR count). The van der Waals surface area contributed by atoms with Gasteiger partial charge in [0.2, 0.25) is 0 Å². The van der Waals surface area contributed by atoms with Crippen LogP contribution in [-0.4, -0.2) is 15.0 Å². The average Bonchev–Trinajstić information content (AvgIpc) is 2.83. The van der Waals surface area contributed by atoms with Crippen molar-refractivity contribution in [2.75, 3.05) is 0 Å². The summed E-state index contributed by atoms with van der Waals surface area (Å²) in [6.07, 6.45) is 3.57. The Kier molecular flexibility index (Phi) is 8.06. The van der Waals surface area contributed by atoms with E-state index in [1.165, 1.54) is 11.1 Å². The van der Waals surface area contributed by atoms with E-state index in [-0.39, 0.29) is 31.9 Å². The first-order valence-corrected chi connectivity index (χ1v) is 12.2. The molecule has 0 unspecified atom stereocenters. The second-order valence-electron chi connectivity index (χ2n) is 11.8. The zero-order valence-corrected chi connectivity index (χ0v) is 24.8. The molecule has 0 saturated heterocycles. The molecule has 0 spiro atoms. The van der Waals surface area contributed by atoms with Gasteiger partial charge in [0.25, 0.3) is 0 Å². The van der Waals surface area contributed by atoms with E-state index in [0.29, 0.717) is 0 Å². The largest absolute Gasteiger partial charge is 2.00 e. The summed E-state index contributed by atoms with van der Waals surface area (Å²) in [7, 11) is 0. The van der Waals surface area contributed by atoms with Crippen LogP contribution < -0.4 is 0 Å². The molecule has 1 aromatic carbocycles. The van der Waals surface area contributed by atoms with Crippen LogP contribution in [0.2, 0.25) is 0 Å². The number of hydrogen-bond donors (Lipinski definition) is 0. The third kappa shape index (κ3) is 6.01. The Morgan fingerprint density at radius 3 is 1.61 bits per heavy atom. The van der Waals surface area contributed by atoms with Crippen molar-refractivity contribution < 1.29 is 21.1 Å². The smallest absolute Gasteiger partial charge is 0.360 e. The van der Waals surface area contributed by atoms with Crippen LogP contribution in [0, 0.1) is 12.1 Å². The van der Waals surface area contributed by atoms with Gasteiger partial charge in [-0.25, -0.2) is 0 Å². The summed E-state index contributed by atoms with van der Waals surface area (Å²) in [6, 6.07) is 25.4. The molecule has 3 nitrogen and oxygen atoms in total. The van der Waals surface area contributed by atoms with E-state index in [2.05, 4.69) is 103 Å². The van der Waals surface area contributed by atoms with Gasteiger partial charge >= 0.3 is 21.1 Å². The number of aromatic nitrogens is 3. The minimum atomic E-state index is -0.428. The van der Waals surface area contributed by atoms with Crippen molar-refractivity contribution in [1.82, 2.24) is 15.0 Å². The fraction of sp³-hybridized carbons (Fsp3) is 0.344. The molecule has 0 atom stereocenters. The molecule has 188 valence electrons. The maximum absolute atomic E-state index is 5.17. The van der Waals surface area contributed by atoms with Crippen molar-refractivity contribution in [3.8, 4) is 22.5 Å². The van der Waals surface area contributed by atoms with E-state index in [1.807, 2.05) is 30.5 Å². The van der Waals surface area contributed by atoms with Crippen molar-refractivity contribution in [2.24, 2.45) is 0 Å². The predicted octanol–water partition coefficient (Wildman–Crippen LogP) is 7.72. The molecular weight excluding hydrogens is 621 g/mol. The van der Waals surface area contributed by atoms with Crippen molar-refractivity contribution in [3.05, 3.63) is 102 Å². The second-order valence-corrected chi connectivity index (χ2v) is 11.8. The molecule has 4 heteroatoms. The summed E-state index contributed by atoms with van der Waals surface area (Å²) in [5.41, 5.74) is 7.69. The van der Waals surface area contributed by atoms with Gasteiger partial charge in [-0.1, -0.05) is 66.1 Å². The predicted molar refractivity (Wildman–Crippen MR) is 144 cm³/mol. The molecule has 0 amide bonds. The third-order valence-corrected chi connectivity index (χ3v) is 6.53. The van der Waals surface area contributed by atoms with E-state index < -0.39 is 5.41 Å². The van der Waals surface area contributed by atoms with Gasteiger partial charge in [-0.2, -0.15) is 0 Å². The maximum atomic E-state index is 5.17. The SMILES string of the molecule is CC(C)(C)c1cc(-c2[c-]cccc2)nc(C(C)(C)c2cc(C(C)(C)C)cc(-c3[c-]ccnc3)n2)c1.[Pt+2]. The van der Waals surface area contributed by atoms with E-state index >= 15 is 0 Å². The Morgan fingerprint density at radius 1 is 0.639 bits per heavy atom. The molecular formula is C32H35N3Pt. The molecule has 3 heterocycles. The van der Waals surface area contributed by atoms with Crippen LogP contribution in [0.3, 0.4) is 0 Å². The van der Waals surface area contributed by atoms with Crippen LogP contribution in [0.15, 0.2) is 67.0 Å². The zero-order valence-electron chi connectivity index (χ0n) is 22.5. The molecule has 0 aliphatic carbocycles. The van der Waals surface area contributed by atoms with Crippen molar-refractivity contribution >= 4 is 0 Å². The van der Waals surface area contributed by atoms with Gasteiger partial charge in [-0.3, -0.25) is 0 Å². The summed E-state index contributed by atoms with van der Waals surface area (Å²) >= 11 is 0. The van der Waals surface area contributed by atoms with Crippen LogP contribution in [0.4, 0.5) is 0 Å². The summed E-state index contributed by atoms with van der Waals surface area (Å²) in [5, 5.41) is 0. The molecule has 0 radical (unpaired) electrons. The van der Waals surface area contributed by atoms with Crippen LogP contribution >= 0.6 is 0 Å². The standard InChI is InChI=1S/C32H35N3.Pt/c1-30(2,3)24-17-26(22-13-10-9-11-14-22)34-28(19-24)32(7,8)29-20-25(31(4,5)6)18-27(35-29)23-15-12-16-33-21-23;/h9-13,16-21H,1-8H3;/q-2;+2. The van der Waals surface area contributed by atoms with Gasteiger partial charge in [0.05, 0.1) is 0 Å². The summed E-state index contributed by atoms with van der Waals surface area (Å²) in [4.78, 5) is 14.6. The molecule has 0 fully saturated rings. The molecule has 0 bridgehead atoms. The minimum Gasteiger partial charge on any atom is -0.360 e. The van der Waals surface area contributed by atoms with Crippen molar-refractivity contribution in [2.45, 2.75) is 71.6 Å². The second kappa shape index (κ2) is 10.4. The first kappa shape index (κ1) is 27.9. The third-order valence-electron chi connectivity index (χ3n) is 6.53. The van der Waals surface area contributed by atoms with Gasteiger partial charge < -0.3 is 15.0 Å². The van der Waals surface area contributed by atoms with E-state index in [1.54, 1.807) is 6.20 Å². The fourth-order valence-corrected chi connectivity index (χ4v) is 3.99. The molecule has 0 saturated carbocycles. The number of benzene rings is 1. The Hall–Kier alpha value is -2.64. The van der Waals surface area contributed by atoms with E-state index in [4.69, 9.17) is 9.97 Å². The normalized spacial score (nSPS) is 12.2. The number of hydrogen-bond acceptors (Lipinski definition) is 3. The molecule has 36 heavy (non-hydrogen) atoms. The Labute approximate surface area is 231 Å². The zero-order chi connectivity index (χ0) is 25.4. The monoisotopic (exact) mass is 656 g/mol. The van der Waals surface area contributed by atoms with Crippen LogP contribution in [0.5, 0.6) is 0 Å². The topological polar surface area (TPSA) is 38.7 Å². The van der Waals surface area contributed by atoms with Gasteiger partial charge in [0.1, 0.15) is 0 Å². The van der Waals surface area contributed by atoms with E-state index in [9.17, 15) is 0 Å². The molecule has 3 aromatic heterocycles. The first-order valence-electron chi connectivity index (χ1n) is 12.2. The Morgan fingerprint density at radius 2 is 1.17 bits per heavy atom. The first-order chi connectivity index (χ1) is 16.4. The Bertz CT molecular complexity index is 1210. The minimum absolute atomic E-state index is 0. The summed E-state index contributed by atoms with van der Waals surface area (Å²) < 4.78 is 0. The van der Waals surface area contributed by atoms with E-state index in [0.717, 1.165) is 33.9 Å². The molecule has 0 aliphatic heterocycles. The number of pyridine rings is 3. The average molecular weight is 657 g/mol. The van der Waals surface area contributed by atoms with Crippen molar-refractivity contribution in [3.63, 3.8) is 0 Å². The van der Waals surface area contributed by atoms with Crippen molar-refractivity contribution in [1.29, 1.82) is 0 Å². The molecule has 4 aromatic rings. The van der Waals surface area contributed by atoms with Crippen LogP contribution in [-0.2, 0) is 37.3 Å². The van der Waals surface area contributed by atoms with Crippen LogP contribution in [0.1, 0.15) is 77.9 Å². The summed E-state index contributed by atoms with van der Waals surface area (Å²) in [5.74, 6) is 0. The number of nitrogens with zero attached hydrogens (tertiary/aromatic N) is 3. The van der Waals surface area contributed by atoms with Gasteiger partial charge in [-0.05, 0) is 59.3 Å². The summed E-state index contributed by atoms with van der Waals surface area (Å²) in [6.45, 7) is 17.9. The van der Waals surface area contributed by atoms with Gasteiger partial charge in [-0.15, -0.1) is 53.6 Å².